The van der Waals surface area contributed by atoms with Crippen molar-refractivity contribution in [2.75, 3.05) is 13.7 Å². The Morgan fingerprint density at radius 1 is 1.10 bits per heavy atom. The van der Waals surface area contributed by atoms with Gasteiger partial charge in [-0.15, -0.1) is 0 Å². The molecule has 0 aliphatic heterocycles. The topological polar surface area (TPSA) is 55.8 Å². The largest absolute Gasteiger partial charge is 0.493 e. The summed E-state index contributed by atoms with van der Waals surface area (Å²) in [6.45, 7) is 0.656. The van der Waals surface area contributed by atoms with E-state index in [2.05, 4.69) is 0 Å². The summed E-state index contributed by atoms with van der Waals surface area (Å²) in [4.78, 5) is 11.5. The summed E-state index contributed by atoms with van der Waals surface area (Å²) in [5, 5.41) is 9.43. The van der Waals surface area contributed by atoms with Crippen LogP contribution < -0.4 is 9.47 Å². The molecule has 1 aromatic rings. The van der Waals surface area contributed by atoms with Gasteiger partial charge < -0.3 is 14.6 Å². The van der Waals surface area contributed by atoms with Crippen LogP contribution in [-0.2, 0) is 4.79 Å². The number of para-hydroxylation sites is 2. The Morgan fingerprint density at radius 3 is 2.19 bits per heavy atom. The second kappa shape index (κ2) is 5.24. The fourth-order valence-corrected chi connectivity index (χ4v) is 3.77. The SMILES string of the molecule is COc1ccccc1OCC12CCC(C(=O)O)(CC1)CC2. The molecular weight excluding hydrogens is 268 g/mol. The van der Waals surface area contributed by atoms with Crippen LogP contribution in [0.15, 0.2) is 24.3 Å². The number of fused-ring (bicyclic) bond motifs is 3. The normalized spacial score (nSPS) is 30.9. The molecule has 0 spiro atoms. The summed E-state index contributed by atoms with van der Waals surface area (Å²) in [6.07, 6.45) is 5.23. The van der Waals surface area contributed by atoms with Gasteiger partial charge in [-0.25, -0.2) is 0 Å². The molecule has 21 heavy (non-hydrogen) atoms. The first kappa shape index (κ1) is 14.2. The highest BCUT2D eigenvalue weighted by Crippen LogP contribution is 2.57. The maximum absolute atomic E-state index is 11.5. The van der Waals surface area contributed by atoms with Gasteiger partial charge in [0.2, 0.25) is 0 Å². The molecule has 4 rings (SSSR count). The van der Waals surface area contributed by atoms with Crippen molar-refractivity contribution in [2.45, 2.75) is 38.5 Å². The quantitative estimate of drug-likeness (QED) is 0.901. The first-order chi connectivity index (χ1) is 10.1. The molecule has 0 amide bonds. The Labute approximate surface area is 125 Å². The van der Waals surface area contributed by atoms with Crippen molar-refractivity contribution in [2.24, 2.45) is 10.8 Å². The van der Waals surface area contributed by atoms with Crippen LogP contribution in [0.3, 0.4) is 0 Å². The maximum Gasteiger partial charge on any atom is 0.309 e. The molecule has 0 radical (unpaired) electrons. The molecule has 3 aliphatic carbocycles. The monoisotopic (exact) mass is 290 g/mol. The molecule has 3 saturated carbocycles. The molecular formula is C17H22O4. The number of rotatable bonds is 5. The molecule has 0 atom stereocenters. The van der Waals surface area contributed by atoms with Crippen LogP contribution in [-0.4, -0.2) is 24.8 Å². The summed E-state index contributed by atoms with van der Waals surface area (Å²) < 4.78 is 11.3. The second-order valence-corrected chi connectivity index (χ2v) is 6.53. The second-order valence-electron chi connectivity index (χ2n) is 6.53. The lowest BCUT2D eigenvalue weighted by molar-refractivity contribution is -0.160. The average Bonchev–Trinajstić information content (AvgIpc) is 2.55. The van der Waals surface area contributed by atoms with Gasteiger partial charge in [-0.05, 0) is 50.7 Å². The van der Waals surface area contributed by atoms with Gasteiger partial charge in [0.05, 0.1) is 19.1 Å². The minimum absolute atomic E-state index is 0.151. The molecule has 114 valence electrons. The number of aliphatic carboxylic acids is 1. The number of benzene rings is 1. The van der Waals surface area contributed by atoms with Crippen molar-refractivity contribution in [3.8, 4) is 11.5 Å². The number of hydrogen-bond donors (Lipinski definition) is 1. The predicted molar refractivity (Wildman–Crippen MR) is 78.7 cm³/mol. The lowest BCUT2D eigenvalue weighted by Crippen LogP contribution is -2.48. The van der Waals surface area contributed by atoms with Crippen molar-refractivity contribution in [3.63, 3.8) is 0 Å². The van der Waals surface area contributed by atoms with Gasteiger partial charge in [0.25, 0.3) is 0 Å². The van der Waals surface area contributed by atoms with Crippen LogP contribution >= 0.6 is 0 Å². The van der Waals surface area contributed by atoms with Crippen LogP contribution in [0, 0.1) is 10.8 Å². The molecule has 0 saturated heterocycles. The molecule has 4 heteroatoms. The summed E-state index contributed by atoms with van der Waals surface area (Å²) in [6, 6.07) is 7.67. The predicted octanol–water partition coefficient (Wildman–Crippen LogP) is 3.50. The molecule has 0 aromatic heterocycles. The fourth-order valence-electron chi connectivity index (χ4n) is 3.77. The lowest BCUT2D eigenvalue weighted by Gasteiger charge is -2.51. The molecule has 2 bridgehead atoms. The van der Waals surface area contributed by atoms with Gasteiger partial charge in [0.15, 0.2) is 11.5 Å². The molecule has 1 aromatic carbocycles. The Morgan fingerprint density at radius 2 is 1.67 bits per heavy atom. The van der Waals surface area contributed by atoms with E-state index in [1.54, 1.807) is 7.11 Å². The minimum atomic E-state index is -0.610. The van der Waals surface area contributed by atoms with Crippen molar-refractivity contribution >= 4 is 5.97 Å². The number of carboxylic acid groups (broad SMARTS) is 1. The van der Waals surface area contributed by atoms with Gasteiger partial charge in [-0.2, -0.15) is 0 Å². The van der Waals surface area contributed by atoms with Crippen LogP contribution in [0.4, 0.5) is 0 Å². The standard InChI is InChI=1S/C17H22O4/c1-20-13-4-2-3-5-14(13)21-12-16-6-9-17(10-7-16,11-8-16)15(18)19/h2-5H,6-12H2,1H3,(H,18,19). The third-order valence-corrected chi connectivity index (χ3v) is 5.46. The smallest absolute Gasteiger partial charge is 0.309 e. The molecule has 0 unspecified atom stereocenters. The lowest BCUT2D eigenvalue weighted by atomic mass is 9.54. The third-order valence-electron chi connectivity index (χ3n) is 5.46. The van der Waals surface area contributed by atoms with Crippen LogP contribution in [0.5, 0.6) is 11.5 Å². The Balaban J connectivity index is 1.66. The van der Waals surface area contributed by atoms with E-state index in [4.69, 9.17) is 9.47 Å². The Kier molecular flexibility index (Phi) is 3.56. The summed E-state index contributed by atoms with van der Waals surface area (Å²) in [7, 11) is 1.64. The Hall–Kier alpha value is -1.71. The minimum Gasteiger partial charge on any atom is -0.493 e. The van der Waals surface area contributed by atoms with Gasteiger partial charge >= 0.3 is 5.97 Å². The van der Waals surface area contributed by atoms with Crippen LogP contribution in [0.25, 0.3) is 0 Å². The zero-order valence-electron chi connectivity index (χ0n) is 12.4. The summed E-state index contributed by atoms with van der Waals surface area (Å²) in [5.74, 6) is 0.914. The van der Waals surface area contributed by atoms with E-state index in [-0.39, 0.29) is 5.41 Å². The van der Waals surface area contributed by atoms with E-state index in [0.29, 0.717) is 6.61 Å². The van der Waals surface area contributed by atoms with E-state index >= 15 is 0 Å². The number of carbonyl (C=O) groups is 1. The Bertz CT molecular complexity index is 513. The third kappa shape index (κ3) is 2.47. The van der Waals surface area contributed by atoms with E-state index < -0.39 is 11.4 Å². The highest BCUT2D eigenvalue weighted by molar-refractivity contribution is 5.75. The zero-order valence-corrected chi connectivity index (χ0v) is 12.4. The van der Waals surface area contributed by atoms with Crippen molar-refractivity contribution in [1.29, 1.82) is 0 Å². The van der Waals surface area contributed by atoms with E-state index in [9.17, 15) is 9.90 Å². The maximum atomic E-state index is 11.5. The zero-order chi connectivity index (χ0) is 14.9. The van der Waals surface area contributed by atoms with Gasteiger partial charge in [-0.3, -0.25) is 4.79 Å². The van der Waals surface area contributed by atoms with Crippen molar-refractivity contribution in [3.05, 3.63) is 24.3 Å². The van der Waals surface area contributed by atoms with Crippen molar-refractivity contribution in [1.82, 2.24) is 0 Å². The van der Waals surface area contributed by atoms with E-state index in [1.807, 2.05) is 24.3 Å². The molecule has 0 heterocycles. The van der Waals surface area contributed by atoms with E-state index in [0.717, 1.165) is 50.0 Å². The average molecular weight is 290 g/mol. The first-order valence-corrected chi connectivity index (χ1v) is 7.59. The van der Waals surface area contributed by atoms with Gasteiger partial charge in [0, 0.05) is 5.41 Å². The van der Waals surface area contributed by atoms with Gasteiger partial charge in [0.1, 0.15) is 0 Å². The first-order valence-electron chi connectivity index (χ1n) is 7.59. The van der Waals surface area contributed by atoms with Gasteiger partial charge in [-0.1, -0.05) is 12.1 Å². The van der Waals surface area contributed by atoms with Crippen LogP contribution in [0.2, 0.25) is 0 Å². The number of methoxy groups -OCH3 is 1. The summed E-state index contributed by atoms with van der Waals surface area (Å²) in [5.41, 5.74) is -0.301. The number of hydrogen-bond acceptors (Lipinski definition) is 3. The van der Waals surface area contributed by atoms with Crippen molar-refractivity contribution < 1.29 is 19.4 Å². The number of carboxylic acids is 1. The fraction of sp³-hybridized carbons (Fsp3) is 0.588. The molecule has 3 aliphatic rings. The summed E-state index contributed by atoms with van der Waals surface area (Å²) >= 11 is 0. The number of ether oxygens (including phenoxy) is 2. The highest BCUT2D eigenvalue weighted by atomic mass is 16.5. The molecule has 4 nitrogen and oxygen atoms in total. The molecule has 1 N–H and O–H groups in total. The highest BCUT2D eigenvalue weighted by Gasteiger charge is 2.52. The van der Waals surface area contributed by atoms with E-state index in [1.165, 1.54) is 0 Å². The molecule has 3 fully saturated rings. The van der Waals surface area contributed by atoms with Crippen LogP contribution in [0.1, 0.15) is 38.5 Å².